The smallest absolute Gasteiger partial charge is 0.290 e. The molecule has 1 heterocycles. The average Bonchev–Trinajstić information content (AvgIpc) is 2.91. The van der Waals surface area contributed by atoms with E-state index in [2.05, 4.69) is 0 Å². The molecule has 0 radical (unpaired) electrons. The number of amides is 1. The lowest BCUT2D eigenvalue weighted by molar-refractivity contribution is -0.130. The van der Waals surface area contributed by atoms with Crippen LogP contribution in [0.5, 0.6) is 5.75 Å². The Bertz CT molecular complexity index is 984. The molecule has 5 heteroatoms. The Morgan fingerprint density at radius 3 is 2.45 bits per heavy atom. The van der Waals surface area contributed by atoms with Gasteiger partial charge in [-0.3, -0.25) is 9.59 Å². The van der Waals surface area contributed by atoms with Crippen LogP contribution >= 0.6 is 0 Å². The molecule has 2 aromatic carbocycles. The highest BCUT2D eigenvalue weighted by atomic mass is 16.5. The zero-order valence-corrected chi connectivity index (χ0v) is 17.5. The highest BCUT2D eigenvalue weighted by Crippen LogP contribution is 2.41. The Kier molecular flexibility index (Phi) is 5.51. The first-order valence-electron chi connectivity index (χ1n) is 9.62. The molecule has 5 nitrogen and oxygen atoms in total. The molecular formula is C24H27NO4. The summed E-state index contributed by atoms with van der Waals surface area (Å²) in [7, 11) is 1.59. The summed E-state index contributed by atoms with van der Waals surface area (Å²) in [5.41, 5.74) is 2.12. The van der Waals surface area contributed by atoms with E-state index in [1.807, 2.05) is 55.5 Å². The molecule has 1 N–H and O–H groups in total. The van der Waals surface area contributed by atoms with Gasteiger partial charge in [-0.05, 0) is 30.2 Å². The summed E-state index contributed by atoms with van der Waals surface area (Å²) in [5, 5.41) is 10.7. The number of hydrogen-bond donors (Lipinski definition) is 1. The molecule has 0 saturated carbocycles. The van der Waals surface area contributed by atoms with Crippen LogP contribution in [0.4, 0.5) is 0 Å². The lowest BCUT2D eigenvalue weighted by Crippen LogP contribution is -2.32. The van der Waals surface area contributed by atoms with Crippen molar-refractivity contribution in [2.45, 2.75) is 40.3 Å². The van der Waals surface area contributed by atoms with Crippen molar-refractivity contribution >= 4 is 11.7 Å². The third-order valence-corrected chi connectivity index (χ3v) is 5.07. The van der Waals surface area contributed by atoms with Gasteiger partial charge in [0.25, 0.3) is 5.91 Å². The number of aliphatic hydroxyl groups is 1. The number of ether oxygens (including phenoxy) is 1. The molecule has 0 aromatic heterocycles. The maximum Gasteiger partial charge on any atom is 0.290 e. The maximum atomic E-state index is 13.2. The monoisotopic (exact) mass is 393 g/mol. The highest BCUT2D eigenvalue weighted by Gasteiger charge is 2.45. The van der Waals surface area contributed by atoms with Gasteiger partial charge in [-0.15, -0.1) is 0 Å². The van der Waals surface area contributed by atoms with E-state index in [1.165, 1.54) is 0 Å². The van der Waals surface area contributed by atoms with Gasteiger partial charge < -0.3 is 14.7 Å². The van der Waals surface area contributed by atoms with Gasteiger partial charge in [0.1, 0.15) is 5.75 Å². The van der Waals surface area contributed by atoms with E-state index in [0.29, 0.717) is 5.75 Å². The van der Waals surface area contributed by atoms with Gasteiger partial charge in [0.05, 0.1) is 18.7 Å². The van der Waals surface area contributed by atoms with Gasteiger partial charge in [0.15, 0.2) is 11.5 Å². The second-order valence-electron chi connectivity index (χ2n) is 8.44. The summed E-state index contributed by atoms with van der Waals surface area (Å²) >= 11 is 0. The predicted molar refractivity (Wildman–Crippen MR) is 112 cm³/mol. The van der Waals surface area contributed by atoms with Gasteiger partial charge in [-0.1, -0.05) is 62.7 Å². The molecule has 0 spiro atoms. The molecular weight excluding hydrogens is 366 g/mol. The molecule has 1 amide bonds. The number of hydrogen-bond acceptors (Lipinski definition) is 4. The Morgan fingerprint density at radius 1 is 1.14 bits per heavy atom. The van der Waals surface area contributed by atoms with Crippen LogP contribution in [0.2, 0.25) is 0 Å². The van der Waals surface area contributed by atoms with Crippen LogP contribution in [0, 0.1) is 12.3 Å². The van der Waals surface area contributed by atoms with E-state index in [0.717, 1.165) is 16.7 Å². The zero-order valence-electron chi connectivity index (χ0n) is 17.5. The van der Waals surface area contributed by atoms with Gasteiger partial charge in [0, 0.05) is 12.0 Å². The van der Waals surface area contributed by atoms with Crippen LogP contribution in [0.25, 0.3) is 0 Å². The normalized spacial score (nSPS) is 17.1. The molecule has 2 aromatic rings. The van der Waals surface area contributed by atoms with E-state index in [1.54, 1.807) is 32.8 Å². The summed E-state index contributed by atoms with van der Waals surface area (Å²) in [6.45, 7) is 7.58. The average molecular weight is 393 g/mol. The van der Waals surface area contributed by atoms with Gasteiger partial charge >= 0.3 is 0 Å². The minimum absolute atomic E-state index is 0.163. The SMILES string of the molecule is COc1cccc(CN2C(=O)C(O)=C(C(=O)C(C)(C)C)C2c2cccc(C)c2)c1. The second-order valence-corrected chi connectivity index (χ2v) is 8.44. The molecule has 3 rings (SSSR count). The van der Waals surface area contributed by atoms with Crippen LogP contribution in [0.1, 0.15) is 43.5 Å². The van der Waals surface area contributed by atoms with E-state index >= 15 is 0 Å². The molecule has 1 aliphatic heterocycles. The summed E-state index contributed by atoms with van der Waals surface area (Å²) in [6.07, 6.45) is 0. The number of nitrogens with zero attached hydrogens (tertiary/aromatic N) is 1. The van der Waals surface area contributed by atoms with Crippen molar-refractivity contribution in [1.29, 1.82) is 0 Å². The molecule has 0 fully saturated rings. The number of methoxy groups -OCH3 is 1. The number of aryl methyl sites for hydroxylation is 1. The van der Waals surface area contributed by atoms with Gasteiger partial charge in [0.2, 0.25) is 0 Å². The lowest BCUT2D eigenvalue weighted by atomic mass is 9.82. The number of aliphatic hydroxyl groups excluding tert-OH is 1. The fourth-order valence-electron chi connectivity index (χ4n) is 3.61. The molecule has 1 unspecified atom stereocenters. The Hall–Kier alpha value is -3.08. The second kappa shape index (κ2) is 7.74. The maximum absolute atomic E-state index is 13.2. The van der Waals surface area contributed by atoms with Crippen LogP contribution < -0.4 is 4.74 Å². The van der Waals surface area contributed by atoms with Crippen LogP contribution in [0.15, 0.2) is 59.9 Å². The van der Waals surface area contributed by atoms with E-state index < -0.39 is 23.1 Å². The van der Waals surface area contributed by atoms with Crippen LogP contribution in [-0.4, -0.2) is 28.8 Å². The number of benzene rings is 2. The fourth-order valence-corrected chi connectivity index (χ4v) is 3.61. The molecule has 0 aliphatic carbocycles. The summed E-state index contributed by atoms with van der Waals surface area (Å²) in [5.74, 6) is -0.543. The number of Topliss-reactive ketones (excluding diaryl/α,β-unsaturated/α-hetero) is 1. The number of carbonyl (C=O) groups is 2. The molecule has 152 valence electrons. The molecule has 0 bridgehead atoms. The van der Waals surface area contributed by atoms with Crippen molar-refractivity contribution < 1.29 is 19.4 Å². The number of carbonyl (C=O) groups excluding carboxylic acids is 2. The minimum atomic E-state index is -0.725. The first-order valence-corrected chi connectivity index (χ1v) is 9.62. The largest absolute Gasteiger partial charge is 0.503 e. The summed E-state index contributed by atoms with van der Waals surface area (Å²) < 4.78 is 5.28. The van der Waals surface area contributed by atoms with Crippen LogP contribution in [0.3, 0.4) is 0 Å². The third kappa shape index (κ3) is 4.04. The van der Waals surface area contributed by atoms with E-state index in [-0.39, 0.29) is 17.9 Å². The van der Waals surface area contributed by atoms with Crippen LogP contribution in [-0.2, 0) is 16.1 Å². The fraction of sp³-hybridized carbons (Fsp3) is 0.333. The van der Waals surface area contributed by atoms with Gasteiger partial charge in [-0.2, -0.15) is 0 Å². The Morgan fingerprint density at radius 2 is 1.83 bits per heavy atom. The van der Waals surface area contributed by atoms with Crippen molar-refractivity contribution in [1.82, 2.24) is 4.90 Å². The van der Waals surface area contributed by atoms with E-state index in [9.17, 15) is 14.7 Å². The first-order chi connectivity index (χ1) is 13.6. The first kappa shape index (κ1) is 20.6. The summed E-state index contributed by atoms with van der Waals surface area (Å²) in [6, 6.07) is 14.5. The molecule has 1 aliphatic rings. The number of ketones is 1. The predicted octanol–water partition coefficient (Wildman–Crippen LogP) is 4.51. The topological polar surface area (TPSA) is 66.8 Å². The van der Waals surface area contributed by atoms with Crippen molar-refractivity contribution in [2.75, 3.05) is 7.11 Å². The minimum Gasteiger partial charge on any atom is -0.503 e. The highest BCUT2D eigenvalue weighted by molar-refractivity contribution is 6.10. The van der Waals surface area contributed by atoms with E-state index in [4.69, 9.17) is 4.74 Å². The Balaban J connectivity index is 2.09. The summed E-state index contributed by atoms with van der Waals surface area (Å²) in [4.78, 5) is 27.7. The third-order valence-electron chi connectivity index (χ3n) is 5.07. The standard InChI is InChI=1S/C24H27NO4/c1-15-8-6-10-17(12-15)20-19(22(27)24(2,3)4)21(26)23(28)25(20)14-16-9-7-11-18(13-16)29-5/h6-13,20,26H,14H2,1-5H3. The number of rotatable bonds is 5. The Labute approximate surface area is 171 Å². The lowest BCUT2D eigenvalue weighted by Gasteiger charge is -2.29. The van der Waals surface area contributed by atoms with Crippen molar-refractivity contribution in [3.63, 3.8) is 0 Å². The van der Waals surface area contributed by atoms with Crippen molar-refractivity contribution in [3.8, 4) is 5.75 Å². The van der Waals surface area contributed by atoms with Crippen molar-refractivity contribution in [2.24, 2.45) is 5.41 Å². The zero-order chi connectivity index (χ0) is 21.3. The van der Waals surface area contributed by atoms with Gasteiger partial charge in [-0.25, -0.2) is 0 Å². The molecule has 1 atom stereocenters. The quantitative estimate of drug-likeness (QED) is 0.811. The van der Waals surface area contributed by atoms with Crippen molar-refractivity contribution in [3.05, 3.63) is 76.6 Å². The molecule has 29 heavy (non-hydrogen) atoms. The molecule has 0 saturated heterocycles.